The van der Waals surface area contributed by atoms with Crippen LogP contribution in [0.4, 0.5) is 0 Å². The number of nitrogens with zero attached hydrogens (tertiary/aromatic N) is 3. The zero-order chi connectivity index (χ0) is 22.5. The molecule has 166 valence electrons. The maximum atomic E-state index is 13.3. The van der Waals surface area contributed by atoms with Gasteiger partial charge in [0.1, 0.15) is 0 Å². The lowest BCUT2D eigenvalue weighted by atomic mass is 9.95. The molecule has 2 amide bonds. The molecule has 1 saturated heterocycles. The highest BCUT2D eigenvalue weighted by Gasteiger charge is 2.33. The summed E-state index contributed by atoms with van der Waals surface area (Å²) in [5.74, 6) is -0.187. The average Bonchev–Trinajstić information content (AvgIpc) is 3.19. The van der Waals surface area contributed by atoms with Crippen LogP contribution >= 0.6 is 0 Å². The second-order valence-corrected chi connectivity index (χ2v) is 8.45. The minimum absolute atomic E-state index is 0.0631. The van der Waals surface area contributed by atoms with E-state index in [0.29, 0.717) is 31.6 Å². The van der Waals surface area contributed by atoms with Gasteiger partial charge in [-0.1, -0.05) is 61.5 Å². The van der Waals surface area contributed by atoms with E-state index in [4.69, 9.17) is 0 Å². The van der Waals surface area contributed by atoms with E-state index in [1.165, 1.54) is 5.56 Å². The third kappa shape index (κ3) is 4.74. The molecule has 2 aromatic carbocycles. The van der Waals surface area contributed by atoms with Crippen molar-refractivity contribution >= 4 is 11.8 Å². The van der Waals surface area contributed by atoms with Gasteiger partial charge in [0.25, 0.3) is 5.91 Å². The third-order valence-corrected chi connectivity index (χ3v) is 6.13. The molecule has 0 unspecified atom stereocenters. The van der Waals surface area contributed by atoms with Gasteiger partial charge in [-0.25, -0.2) is 0 Å². The van der Waals surface area contributed by atoms with Gasteiger partial charge in [0, 0.05) is 31.9 Å². The lowest BCUT2D eigenvalue weighted by molar-refractivity contribution is -0.134. The molecule has 0 aliphatic carbocycles. The number of carbonyl (C=O) groups excluding carboxylic acids is 2. The molecule has 6 heteroatoms. The van der Waals surface area contributed by atoms with E-state index in [9.17, 15) is 9.59 Å². The van der Waals surface area contributed by atoms with Crippen molar-refractivity contribution in [1.29, 1.82) is 0 Å². The predicted molar refractivity (Wildman–Crippen MR) is 125 cm³/mol. The number of nitrogens with one attached hydrogen (secondary N) is 1. The molecular formula is C26H30N4O2. The fraction of sp³-hybridized carbons (Fsp3) is 0.346. The summed E-state index contributed by atoms with van der Waals surface area (Å²) in [6.45, 7) is 6.17. The summed E-state index contributed by atoms with van der Waals surface area (Å²) >= 11 is 0. The first-order valence-electron chi connectivity index (χ1n) is 11.3. The summed E-state index contributed by atoms with van der Waals surface area (Å²) in [6.07, 6.45) is 3.09. The quantitative estimate of drug-likeness (QED) is 0.644. The van der Waals surface area contributed by atoms with E-state index in [1.54, 1.807) is 6.20 Å². The highest BCUT2D eigenvalue weighted by molar-refractivity contribution is 5.95. The minimum atomic E-state index is -0.261. The highest BCUT2D eigenvalue weighted by atomic mass is 16.2. The van der Waals surface area contributed by atoms with Gasteiger partial charge in [-0.2, -0.15) is 5.10 Å². The zero-order valence-electron chi connectivity index (χ0n) is 18.8. The van der Waals surface area contributed by atoms with Crippen LogP contribution in [0.2, 0.25) is 0 Å². The van der Waals surface area contributed by atoms with Crippen molar-refractivity contribution in [3.63, 3.8) is 0 Å². The Morgan fingerprint density at radius 3 is 2.44 bits per heavy atom. The Balaban J connectivity index is 1.54. The van der Waals surface area contributed by atoms with E-state index in [1.807, 2.05) is 34.9 Å². The first-order valence-corrected chi connectivity index (χ1v) is 11.3. The lowest BCUT2D eigenvalue weighted by Crippen LogP contribution is -2.38. The number of rotatable bonds is 6. The molecule has 1 aromatic heterocycles. The summed E-state index contributed by atoms with van der Waals surface area (Å²) < 4.78 is 0. The molecule has 4 rings (SSSR count). The second kappa shape index (κ2) is 9.81. The van der Waals surface area contributed by atoms with Gasteiger partial charge in [-0.15, -0.1) is 0 Å². The molecule has 32 heavy (non-hydrogen) atoms. The molecule has 0 radical (unpaired) electrons. The van der Waals surface area contributed by atoms with Crippen LogP contribution in [0.5, 0.6) is 0 Å². The summed E-state index contributed by atoms with van der Waals surface area (Å²) in [4.78, 5) is 30.2. The number of aryl methyl sites for hydroxylation is 1. The number of aromatic nitrogens is 2. The summed E-state index contributed by atoms with van der Waals surface area (Å²) in [5, 5.41) is 6.83. The van der Waals surface area contributed by atoms with Gasteiger partial charge in [0.05, 0.1) is 17.7 Å². The molecule has 1 fully saturated rings. The van der Waals surface area contributed by atoms with E-state index in [0.717, 1.165) is 29.8 Å². The number of hydrogen-bond donors (Lipinski definition) is 1. The van der Waals surface area contributed by atoms with Crippen LogP contribution in [0.1, 0.15) is 35.0 Å². The van der Waals surface area contributed by atoms with Crippen molar-refractivity contribution < 1.29 is 9.59 Å². The van der Waals surface area contributed by atoms with Crippen molar-refractivity contribution in [3.05, 3.63) is 77.6 Å². The van der Waals surface area contributed by atoms with Crippen molar-refractivity contribution in [2.45, 2.75) is 26.7 Å². The molecule has 1 N–H and O–H groups in total. The van der Waals surface area contributed by atoms with Gasteiger partial charge in [-0.05, 0) is 36.5 Å². The maximum Gasteiger partial charge on any atom is 0.257 e. The van der Waals surface area contributed by atoms with E-state index in [2.05, 4.69) is 53.5 Å². The van der Waals surface area contributed by atoms with E-state index in [-0.39, 0.29) is 17.7 Å². The topological polar surface area (TPSA) is 69.3 Å². The molecular weight excluding hydrogens is 400 g/mol. The van der Waals surface area contributed by atoms with Crippen molar-refractivity contribution in [2.24, 2.45) is 5.92 Å². The molecule has 0 spiro atoms. The van der Waals surface area contributed by atoms with E-state index >= 15 is 0 Å². The number of aromatic amines is 1. The molecule has 1 aliphatic heterocycles. The van der Waals surface area contributed by atoms with Gasteiger partial charge < -0.3 is 9.80 Å². The van der Waals surface area contributed by atoms with E-state index < -0.39 is 0 Å². The summed E-state index contributed by atoms with van der Waals surface area (Å²) in [6, 6.07) is 18.7. The predicted octanol–water partition coefficient (Wildman–Crippen LogP) is 3.94. The first-order chi connectivity index (χ1) is 15.6. The monoisotopic (exact) mass is 430 g/mol. The normalized spacial score (nSPS) is 16.8. The number of hydrogen-bond acceptors (Lipinski definition) is 3. The van der Waals surface area contributed by atoms with Crippen LogP contribution in [-0.2, 0) is 11.2 Å². The SMILES string of the molecule is CCCN1CCN(C(=O)c2cn[nH]c2C)C[C@H](Cc2ccc(-c3ccccc3)cc2)C1=O. The fourth-order valence-corrected chi connectivity index (χ4v) is 4.36. The lowest BCUT2D eigenvalue weighted by Gasteiger charge is -2.24. The Labute approximate surface area is 189 Å². The first kappa shape index (κ1) is 21.8. The summed E-state index contributed by atoms with van der Waals surface area (Å²) in [5.41, 5.74) is 4.76. The molecule has 2 heterocycles. The Hall–Kier alpha value is -3.41. The number of H-pyrrole nitrogens is 1. The van der Waals surface area contributed by atoms with Crippen LogP contribution in [-0.4, -0.2) is 58.0 Å². The third-order valence-electron chi connectivity index (χ3n) is 6.13. The van der Waals surface area contributed by atoms with Gasteiger partial charge >= 0.3 is 0 Å². The molecule has 0 saturated carbocycles. The largest absolute Gasteiger partial charge is 0.341 e. The Morgan fingerprint density at radius 1 is 1.06 bits per heavy atom. The van der Waals surface area contributed by atoms with Crippen LogP contribution in [0, 0.1) is 12.8 Å². The highest BCUT2D eigenvalue weighted by Crippen LogP contribution is 2.23. The van der Waals surface area contributed by atoms with Crippen molar-refractivity contribution in [1.82, 2.24) is 20.0 Å². The van der Waals surface area contributed by atoms with Gasteiger partial charge in [0.2, 0.25) is 5.91 Å². The Bertz CT molecular complexity index is 1060. The maximum absolute atomic E-state index is 13.3. The molecule has 0 bridgehead atoms. The van der Waals surface area contributed by atoms with Crippen LogP contribution in [0.25, 0.3) is 11.1 Å². The fourth-order valence-electron chi connectivity index (χ4n) is 4.36. The second-order valence-electron chi connectivity index (χ2n) is 8.45. The molecule has 3 aromatic rings. The molecule has 1 atom stereocenters. The number of carbonyl (C=O) groups is 2. The molecule has 1 aliphatic rings. The minimum Gasteiger partial charge on any atom is -0.341 e. The van der Waals surface area contributed by atoms with Gasteiger partial charge in [0.15, 0.2) is 0 Å². The summed E-state index contributed by atoms with van der Waals surface area (Å²) in [7, 11) is 0. The molecule has 6 nitrogen and oxygen atoms in total. The Kier molecular flexibility index (Phi) is 6.69. The smallest absolute Gasteiger partial charge is 0.257 e. The van der Waals surface area contributed by atoms with Crippen molar-refractivity contribution in [2.75, 3.05) is 26.2 Å². The zero-order valence-corrected chi connectivity index (χ0v) is 18.8. The number of amides is 2. The Morgan fingerprint density at radius 2 is 1.78 bits per heavy atom. The van der Waals surface area contributed by atoms with Crippen LogP contribution < -0.4 is 0 Å². The van der Waals surface area contributed by atoms with Crippen LogP contribution in [0.3, 0.4) is 0 Å². The standard InChI is InChI=1S/C26H30N4O2/c1-3-13-29-14-15-30(26(32)24-17-27-28-19(24)2)18-23(25(29)31)16-20-9-11-22(12-10-20)21-7-5-4-6-8-21/h4-12,17,23H,3,13-16,18H2,1-2H3,(H,27,28)/t23-/m0/s1. The van der Waals surface area contributed by atoms with Crippen molar-refractivity contribution in [3.8, 4) is 11.1 Å². The number of benzene rings is 2. The van der Waals surface area contributed by atoms with Crippen LogP contribution in [0.15, 0.2) is 60.8 Å². The van der Waals surface area contributed by atoms with Gasteiger partial charge in [-0.3, -0.25) is 14.7 Å². The average molecular weight is 431 g/mol.